The number of benzene rings is 1. The van der Waals surface area contributed by atoms with Gasteiger partial charge >= 0.3 is 0 Å². The zero-order chi connectivity index (χ0) is 9.42. The van der Waals surface area contributed by atoms with Crippen LogP contribution in [0.1, 0.15) is 5.56 Å². The number of alkyl halides is 1. The van der Waals surface area contributed by atoms with Gasteiger partial charge in [0, 0.05) is 16.0 Å². The van der Waals surface area contributed by atoms with E-state index in [4.69, 9.17) is 27.6 Å². The summed E-state index contributed by atoms with van der Waals surface area (Å²) >= 11 is 15.0. The van der Waals surface area contributed by atoms with E-state index >= 15 is 0 Å². The molecule has 0 bridgehead atoms. The summed E-state index contributed by atoms with van der Waals surface area (Å²) in [6.45, 7) is 0. The molecule has 0 N–H and O–H groups in total. The Labute approximate surface area is 93.7 Å². The van der Waals surface area contributed by atoms with Gasteiger partial charge in [0.2, 0.25) is 0 Å². The van der Waals surface area contributed by atoms with E-state index in [0.717, 1.165) is 21.0 Å². The van der Waals surface area contributed by atoms with Crippen LogP contribution >= 0.6 is 39.1 Å². The smallest absolute Gasteiger partial charge is 0.148 e. The van der Waals surface area contributed by atoms with Crippen molar-refractivity contribution in [2.24, 2.45) is 0 Å². The standard InChI is InChI=1S/C9H5BrCl2O/c10-8-2-6(12)1-7-5(3-11)4-13-9(7)8/h1-2,4H,3H2. The second kappa shape index (κ2) is 3.52. The molecule has 0 fully saturated rings. The van der Waals surface area contributed by atoms with Crippen molar-refractivity contribution in [3.63, 3.8) is 0 Å². The molecule has 1 aromatic carbocycles. The maximum atomic E-state index is 5.90. The summed E-state index contributed by atoms with van der Waals surface area (Å²) in [6.07, 6.45) is 1.65. The van der Waals surface area contributed by atoms with Crippen LogP contribution in [0.15, 0.2) is 27.3 Å². The largest absolute Gasteiger partial charge is 0.463 e. The van der Waals surface area contributed by atoms with Gasteiger partial charge in [0.05, 0.1) is 16.6 Å². The minimum absolute atomic E-state index is 0.430. The third-order valence-electron chi connectivity index (χ3n) is 1.82. The van der Waals surface area contributed by atoms with E-state index in [-0.39, 0.29) is 0 Å². The zero-order valence-electron chi connectivity index (χ0n) is 6.48. The molecule has 0 amide bonds. The molecular weight excluding hydrogens is 275 g/mol. The van der Waals surface area contributed by atoms with Gasteiger partial charge in [-0.3, -0.25) is 0 Å². The molecule has 0 radical (unpaired) electrons. The molecular formula is C9H5BrCl2O. The quantitative estimate of drug-likeness (QED) is 0.696. The van der Waals surface area contributed by atoms with Crippen molar-refractivity contribution in [3.05, 3.63) is 33.5 Å². The third kappa shape index (κ3) is 1.58. The summed E-state index contributed by atoms with van der Waals surface area (Å²) in [5.74, 6) is 0.430. The van der Waals surface area contributed by atoms with Crippen molar-refractivity contribution < 1.29 is 4.42 Å². The topological polar surface area (TPSA) is 13.1 Å². The molecule has 0 spiro atoms. The van der Waals surface area contributed by atoms with Crippen LogP contribution in [0, 0.1) is 0 Å². The average Bonchev–Trinajstić information content (AvgIpc) is 2.47. The molecule has 0 saturated carbocycles. The molecule has 4 heteroatoms. The SMILES string of the molecule is ClCc1coc2c(Br)cc(Cl)cc12. The summed E-state index contributed by atoms with van der Waals surface area (Å²) < 4.78 is 6.19. The molecule has 1 heterocycles. The summed E-state index contributed by atoms with van der Waals surface area (Å²) in [7, 11) is 0. The number of rotatable bonds is 1. The summed E-state index contributed by atoms with van der Waals surface area (Å²) in [5.41, 5.74) is 1.75. The van der Waals surface area contributed by atoms with Crippen LogP contribution in [-0.2, 0) is 5.88 Å². The predicted octanol–water partition coefficient (Wildman–Crippen LogP) is 4.59. The maximum absolute atomic E-state index is 5.90. The van der Waals surface area contributed by atoms with Crippen LogP contribution in [0.2, 0.25) is 5.02 Å². The Morgan fingerprint density at radius 3 is 2.85 bits per heavy atom. The molecule has 0 aliphatic carbocycles. The van der Waals surface area contributed by atoms with E-state index in [2.05, 4.69) is 15.9 Å². The number of fused-ring (bicyclic) bond motifs is 1. The normalized spacial score (nSPS) is 11.0. The molecule has 0 saturated heterocycles. The van der Waals surface area contributed by atoms with Crippen molar-refractivity contribution >= 4 is 50.1 Å². The van der Waals surface area contributed by atoms with Gasteiger partial charge in [-0.25, -0.2) is 0 Å². The Balaban J connectivity index is 2.82. The summed E-state index contributed by atoms with van der Waals surface area (Å²) in [6, 6.07) is 3.65. The third-order valence-corrected chi connectivity index (χ3v) is 2.91. The lowest BCUT2D eigenvalue weighted by atomic mass is 10.2. The van der Waals surface area contributed by atoms with Crippen LogP contribution < -0.4 is 0 Å². The van der Waals surface area contributed by atoms with Crippen LogP contribution in [0.25, 0.3) is 11.0 Å². The highest BCUT2D eigenvalue weighted by Crippen LogP contribution is 2.32. The molecule has 13 heavy (non-hydrogen) atoms. The zero-order valence-corrected chi connectivity index (χ0v) is 9.58. The highest BCUT2D eigenvalue weighted by Gasteiger charge is 2.08. The van der Waals surface area contributed by atoms with E-state index in [0.29, 0.717) is 10.9 Å². The molecule has 2 rings (SSSR count). The van der Waals surface area contributed by atoms with Gasteiger partial charge in [-0.05, 0) is 28.1 Å². The summed E-state index contributed by atoms with van der Waals surface area (Å²) in [4.78, 5) is 0. The minimum atomic E-state index is 0.430. The molecule has 0 atom stereocenters. The van der Waals surface area contributed by atoms with Crippen molar-refractivity contribution in [1.29, 1.82) is 0 Å². The summed E-state index contributed by atoms with van der Waals surface area (Å²) in [5, 5.41) is 1.64. The van der Waals surface area contributed by atoms with Gasteiger partial charge in [0.25, 0.3) is 0 Å². The lowest BCUT2D eigenvalue weighted by Gasteiger charge is -1.95. The number of hydrogen-bond acceptors (Lipinski definition) is 1. The Bertz CT molecular complexity index is 450. The van der Waals surface area contributed by atoms with Gasteiger partial charge < -0.3 is 4.42 Å². The Hall–Kier alpha value is -0.180. The highest BCUT2D eigenvalue weighted by molar-refractivity contribution is 9.10. The Morgan fingerprint density at radius 2 is 2.15 bits per heavy atom. The number of halogens is 3. The molecule has 68 valence electrons. The highest BCUT2D eigenvalue weighted by atomic mass is 79.9. The van der Waals surface area contributed by atoms with Crippen molar-refractivity contribution in [2.45, 2.75) is 5.88 Å². The van der Waals surface area contributed by atoms with Crippen LogP contribution in [-0.4, -0.2) is 0 Å². The molecule has 2 aromatic rings. The number of furan rings is 1. The second-order valence-corrected chi connectivity index (χ2v) is 4.22. The van der Waals surface area contributed by atoms with E-state index in [9.17, 15) is 0 Å². The fourth-order valence-corrected chi connectivity index (χ4v) is 2.33. The molecule has 0 aliphatic rings. The van der Waals surface area contributed by atoms with E-state index in [1.54, 1.807) is 12.3 Å². The molecule has 0 aliphatic heterocycles. The average molecular weight is 280 g/mol. The fraction of sp³-hybridized carbons (Fsp3) is 0.111. The first-order chi connectivity index (χ1) is 6.22. The van der Waals surface area contributed by atoms with Crippen molar-refractivity contribution in [1.82, 2.24) is 0 Å². The monoisotopic (exact) mass is 278 g/mol. The lowest BCUT2D eigenvalue weighted by molar-refractivity contribution is 0.611. The van der Waals surface area contributed by atoms with Gasteiger partial charge in [0.1, 0.15) is 5.58 Å². The molecule has 1 nitrogen and oxygen atoms in total. The van der Waals surface area contributed by atoms with Crippen molar-refractivity contribution in [3.8, 4) is 0 Å². The van der Waals surface area contributed by atoms with Gasteiger partial charge in [-0.1, -0.05) is 11.6 Å². The van der Waals surface area contributed by atoms with E-state index in [1.807, 2.05) is 6.07 Å². The van der Waals surface area contributed by atoms with Crippen LogP contribution in [0.3, 0.4) is 0 Å². The van der Waals surface area contributed by atoms with Gasteiger partial charge in [-0.15, -0.1) is 11.6 Å². The minimum Gasteiger partial charge on any atom is -0.463 e. The fourth-order valence-electron chi connectivity index (χ4n) is 1.22. The molecule has 0 unspecified atom stereocenters. The Morgan fingerprint density at radius 1 is 1.38 bits per heavy atom. The van der Waals surface area contributed by atoms with Gasteiger partial charge in [-0.2, -0.15) is 0 Å². The maximum Gasteiger partial charge on any atom is 0.148 e. The van der Waals surface area contributed by atoms with Crippen LogP contribution in [0.4, 0.5) is 0 Å². The second-order valence-electron chi connectivity index (χ2n) is 2.66. The first-order valence-electron chi connectivity index (χ1n) is 3.63. The lowest BCUT2D eigenvalue weighted by Crippen LogP contribution is -1.74. The van der Waals surface area contributed by atoms with Crippen LogP contribution in [0.5, 0.6) is 0 Å². The molecule has 1 aromatic heterocycles. The van der Waals surface area contributed by atoms with E-state index < -0.39 is 0 Å². The Kier molecular flexibility index (Phi) is 2.54. The van der Waals surface area contributed by atoms with E-state index in [1.165, 1.54) is 0 Å². The van der Waals surface area contributed by atoms with Crippen molar-refractivity contribution in [2.75, 3.05) is 0 Å². The number of hydrogen-bond donors (Lipinski definition) is 0. The predicted molar refractivity (Wildman–Crippen MR) is 58.5 cm³/mol. The first-order valence-corrected chi connectivity index (χ1v) is 5.34. The first kappa shape index (κ1) is 9.38. The van der Waals surface area contributed by atoms with Gasteiger partial charge in [0.15, 0.2) is 0 Å².